The molecule has 0 aliphatic rings. The fraction of sp³-hybridized carbons (Fsp3) is 0.412. The van der Waals surface area contributed by atoms with Gasteiger partial charge in [0.25, 0.3) is 0 Å². The second-order valence-corrected chi connectivity index (χ2v) is 6.09. The van der Waals surface area contributed by atoms with E-state index in [1.165, 1.54) is 11.1 Å². The average molecular weight is 257 g/mol. The fourth-order valence-corrected chi connectivity index (χ4v) is 2.26. The van der Waals surface area contributed by atoms with E-state index in [1.54, 1.807) is 6.26 Å². The molecule has 1 atom stereocenters. The minimum atomic E-state index is 0.192. The van der Waals surface area contributed by atoms with Crippen molar-refractivity contribution in [2.75, 3.05) is 6.54 Å². The number of hydrogen-bond acceptors (Lipinski definition) is 2. The first-order valence-corrected chi connectivity index (χ1v) is 6.83. The summed E-state index contributed by atoms with van der Waals surface area (Å²) >= 11 is 0. The number of nitrogens with two attached hydrogens (primary N) is 1. The molecular weight excluding hydrogens is 234 g/mol. The second-order valence-electron chi connectivity index (χ2n) is 6.09. The number of benzene rings is 1. The summed E-state index contributed by atoms with van der Waals surface area (Å²) in [6, 6.07) is 12.7. The Morgan fingerprint density at radius 2 is 1.79 bits per heavy atom. The van der Waals surface area contributed by atoms with Gasteiger partial charge in [0.1, 0.15) is 5.76 Å². The van der Waals surface area contributed by atoms with Crippen LogP contribution >= 0.6 is 0 Å². The van der Waals surface area contributed by atoms with Crippen molar-refractivity contribution < 1.29 is 4.42 Å². The smallest absolute Gasteiger partial charge is 0.104 e. The maximum atomic E-state index is 5.90. The molecule has 0 aliphatic carbocycles. The summed E-state index contributed by atoms with van der Waals surface area (Å²) < 4.78 is 5.41. The largest absolute Gasteiger partial charge is 0.469 e. The van der Waals surface area contributed by atoms with Gasteiger partial charge in [-0.05, 0) is 35.2 Å². The minimum absolute atomic E-state index is 0.192. The van der Waals surface area contributed by atoms with E-state index >= 15 is 0 Å². The average Bonchev–Trinajstić information content (AvgIpc) is 2.88. The molecule has 2 N–H and O–H groups in total. The summed E-state index contributed by atoms with van der Waals surface area (Å²) in [4.78, 5) is 0. The first-order chi connectivity index (χ1) is 9.00. The van der Waals surface area contributed by atoms with Crippen molar-refractivity contribution in [3.63, 3.8) is 0 Å². The summed E-state index contributed by atoms with van der Waals surface area (Å²) in [6.07, 6.45) is 2.57. The Hall–Kier alpha value is -1.54. The Kier molecular flexibility index (Phi) is 4.11. The molecular formula is C17H23NO. The normalized spacial score (nSPS) is 13.5. The Labute approximate surface area is 115 Å². The van der Waals surface area contributed by atoms with Crippen LogP contribution in [-0.4, -0.2) is 6.54 Å². The van der Waals surface area contributed by atoms with Crippen LogP contribution in [0.1, 0.15) is 43.6 Å². The van der Waals surface area contributed by atoms with Crippen molar-refractivity contribution in [3.05, 3.63) is 59.5 Å². The first-order valence-electron chi connectivity index (χ1n) is 6.83. The minimum Gasteiger partial charge on any atom is -0.469 e. The quantitative estimate of drug-likeness (QED) is 0.903. The molecule has 2 aromatic rings. The molecule has 0 amide bonds. The zero-order chi connectivity index (χ0) is 13.9. The van der Waals surface area contributed by atoms with Crippen LogP contribution in [0.5, 0.6) is 0 Å². The Balaban J connectivity index is 2.15. The standard InChI is InChI=1S/C17H23NO/c1-17(2,3)15-8-6-13(7-9-15)14(12-18)11-16-5-4-10-19-16/h4-10,14H,11-12,18H2,1-3H3. The van der Waals surface area contributed by atoms with Crippen molar-refractivity contribution in [2.24, 2.45) is 5.73 Å². The third kappa shape index (κ3) is 3.48. The lowest BCUT2D eigenvalue weighted by atomic mass is 9.85. The van der Waals surface area contributed by atoms with Crippen LogP contribution in [0, 0.1) is 0 Å². The highest BCUT2D eigenvalue weighted by Gasteiger charge is 2.16. The third-order valence-corrected chi connectivity index (χ3v) is 3.56. The number of furan rings is 1. The molecule has 0 fully saturated rings. The fourth-order valence-electron chi connectivity index (χ4n) is 2.26. The van der Waals surface area contributed by atoms with Gasteiger partial charge in [0.15, 0.2) is 0 Å². The van der Waals surface area contributed by atoms with Crippen LogP contribution in [0.15, 0.2) is 47.1 Å². The molecule has 0 aliphatic heterocycles. The van der Waals surface area contributed by atoms with Gasteiger partial charge in [0, 0.05) is 12.3 Å². The lowest BCUT2D eigenvalue weighted by Gasteiger charge is -2.20. The van der Waals surface area contributed by atoms with E-state index in [4.69, 9.17) is 10.2 Å². The SMILES string of the molecule is CC(C)(C)c1ccc(C(CN)Cc2ccco2)cc1. The van der Waals surface area contributed by atoms with Gasteiger partial charge in [0.2, 0.25) is 0 Å². The summed E-state index contributed by atoms with van der Waals surface area (Å²) in [5, 5.41) is 0. The van der Waals surface area contributed by atoms with Crippen LogP contribution in [0.25, 0.3) is 0 Å². The van der Waals surface area contributed by atoms with E-state index in [0.29, 0.717) is 12.5 Å². The van der Waals surface area contributed by atoms with Gasteiger partial charge in [-0.1, -0.05) is 45.0 Å². The van der Waals surface area contributed by atoms with Crippen molar-refractivity contribution in [3.8, 4) is 0 Å². The van der Waals surface area contributed by atoms with Crippen molar-refractivity contribution in [1.82, 2.24) is 0 Å². The number of rotatable bonds is 4. The molecule has 0 saturated heterocycles. The lowest BCUT2D eigenvalue weighted by Crippen LogP contribution is -2.16. The van der Waals surface area contributed by atoms with E-state index in [-0.39, 0.29) is 5.41 Å². The zero-order valence-electron chi connectivity index (χ0n) is 12.0. The van der Waals surface area contributed by atoms with Gasteiger partial charge in [-0.2, -0.15) is 0 Å². The zero-order valence-corrected chi connectivity index (χ0v) is 12.0. The number of hydrogen-bond donors (Lipinski definition) is 1. The molecule has 0 radical (unpaired) electrons. The Morgan fingerprint density at radius 3 is 2.26 bits per heavy atom. The lowest BCUT2D eigenvalue weighted by molar-refractivity contribution is 0.486. The third-order valence-electron chi connectivity index (χ3n) is 3.56. The highest BCUT2D eigenvalue weighted by Crippen LogP contribution is 2.26. The van der Waals surface area contributed by atoms with Crippen LogP contribution < -0.4 is 5.73 Å². The van der Waals surface area contributed by atoms with E-state index in [1.807, 2.05) is 12.1 Å². The Bertz CT molecular complexity index is 491. The van der Waals surface area contributed by atoms with Crippen LogP contribution in [-0.2, 0) is 11.8 Å². The first kappa shape index (κ1) is 13.9. The van der Waals surface area contributed by atoms with E-state index < -0.39 is 0 Å². The monoisotopic (exact) mass is 257 g/mol. The maximum Gasteiger partial charge on any atom is 0.104 e. The van der Waals surface area contributed by atoms with Crippen LogP contribution in [0.2, 0.25) is 0 Å². The van der Waals surface area contributed by atoms with Gasteiger partial charge in [0.05, 0.1) is 6.26 Å². The molecule has 2 nitrogen and oxygen atoms in total. The van der Waals surface area contributed by atoms with Gasteiger partial charge in [-0.15, -0.1) is 0 Å². The van der Waals surface area contributed by atoms with Crippen LogP contribution in [0.3, 0.4) is 0 Å². The van der Waals surface area contributed by atoms with Crippen molar-refractivity contribution >= 4 is 0 Å². The predicted molar refractivity (Wildman–Crippen MR) is 79.3 cm³/mol. The molecule has 1 unspecified atom stereocenters. The Morgan fingerprint density at radius 1 is 1.11 bits per heavy atom. The van der Waals surface area contributed by atoms with Gasteiger partial charge < -0.3 is 10.2 Å². The van der Waals surface area contributed by atoms with E-state index in [2.05, 4.69) is 45.0 Å². The highest BCUT2D eigenvalue weighted by molar-refractivity contribution is 5.30. The van der Waals surface area contributed by atoms with Gasteiger partial charge in [-0.3, -0.25) is 0 Å². The molecule has 0 spiro atoms. The molecule has 19 heavy (non-hydrogen) atoms. The van der Waals surface area contributed by atoms with Gasteiger partial charge >= 0.3 is 0 Å². The highest BCUT2D eigenvalue weighted by atomic mass is 16.3. The van der Waals surface area contributed by atoms with E-state index in [9.17, 15) is 0 Å². The molecule has 102 valence electrons. The molecule has 1 aromatic carbocycles. The molecule has 2 rings (SSSR count). The molecule has 1 aromatic heterocycles. The second kappa shape index (κ2) is 5.62. The molecule has 0 saturated carbocycles. The summed E-state index contributed by atoms with van der Waals surface area (Å²) in [6.45, 7) is 7.32. The summed E-state index contributed by atoms with van der Waals surface area (Å²) in [5.41, 5.74) is 8.73. The maximum absolute atomic E-state index is 5.90. The van der Waals surface area contributed by atoms with Crippen molar-refractivity contribution in [1.29, 1.82) is 0 Å². The molecule has 0 bridgehead atoms. The molecule has 2 heteroatoms. The van der Waals surface area contributed by atoms with E-state index in [0.717, 1.165) is 12.2 Å². The summed E-state index contributed by atoms with van der Waals surface area (Å²) in [5.74, 6) is 1.32. The predicted octanol–water partition coefficient (Wildman–Crippen LogP) is 3.86. The topological polar surface area (TPSA) is 39.2 Å². The van der Waals surface area contributed by atoms with Gasteiger partial charge in [-0.25, -0.2) is 0 Å². The van der Waals surface area contributed by atoms with Crippen molar-refractivity contribution in [2.45, 2.75) is 38.5 Å². The van der Waals surface area contributed by atoms with Crippen LogP contribution in [0.4, 0.5) is 0 Å². The summed E-state index contributed by atoms with van der Waals surface area (Å²) in [7, 11) is 0. The molecule has 1 heterocycles.